The van der Waals surface area contributed by atoms with E-state index < -0.39 is 0 Å². The Morgan fingerprint density at radius 1 is 1.25 bits per heavy atom. The van der Waals surface area contributed by atoms with Gasteiger partial charge in [0.15, 0.2) is 0 Å². The monoisotopic (exact) mass is 440 g/mol. The fourth-order valence-electron chi connectivity index (χ4n) is 4.39. The topological polar surface area (TPSA) is 114 Å². The molecule has 0 spiro atoms. The van der Waals surface area contributed by atoms with Crippen molar-refractivity contribution in [2.75, 3.05) is 26.3 Å². The van der Waals surface area contributed by atoms with Crippen LogP contribution in [0.3, 0.4) is 0 Å². The Morgan fingerprint density at radius 3 is 2.88 bits per heavy atom. The second kappa shape index (κ2) is 10.4. The lowest BCUT2D eigenvalue weighted by atomic mass is 10.1. The fraction of sp³-hybridized carbons (Fsp3) is 0.455. The molecule has 10 nitrogen and oxygen atoms in total. The molecule has 2 N–H and O–H groups in total. The lowest BCUT2D eigenvalue weighted by Crippen LogP contribution is -2.41. The first-order valence-corrected chi connectivity index (χ1v) is 10.8. The normalized spacial score (nSPS) is 17.1. The largest absolute Gasteiger partial charge is 0.483 e. The minimum Gasteiger partial charge on any atom is -0.483 e. The summed E-state index contributed by atoms with van der Waals surface area (Å²) in [5.41, 5.74) is 2.54. The van der Waals surface area contributed by atoms with Crippen molar-refractivity contribution < 1.29 is 19.4 Å². The van der Waals surface area contributed by atoms with Crippen LogP contribution >= 0.6 is 0 Å². The Morgan fingerprint density at radius 2 is 2.06 bits per heavy atom. The van der Waals surface area contributed by atoms with Crippen molar-refractivity contribution in [1.82, 2.24) is 29.4 Å². The molecule has 3 aromatic rings. The molecule has 2 aliphatic rings. The van der Waals surface area contributed by atoms with Crippen LogP contribution in [-0.2, 0) is 29.0 Å². The molecule has 0 saturated carbocycles. The van der Waals surface area contributed by atoms with E-state index in [1.54, 1.807) is 6.20 Å². The SMILES string of the molecule is O=C(NCc1cccn2nccc12)c1cn2c(n1)CCN(C1CCOCC1)CC2.O=CO. The van der Waals surface area contributed by atoms with Gasteiger partial charge in [-0.1, -0.05) is 6.07 Å². The van der Waals surface area contributed by atoms with Gasteiger partial charge in [-0.05, 0) is 30.5 Å². The number of carboxylic acid groups (broad SMARTS) is 1. The van der Waals surface area contributed by atoms with Gasteiger partial charge in [-0.25, -0.2) is 9.50 Å². The predicted molar refractivity (Wildman–Crippen MR) is 116 cm³/mol. The first-order chi connectivity index (χ1) is 15.7. The van der Waals surface area contributed by atoms with Crippen molar-refractivity contribution in [3.05, 3.63) is 53.9 Å². The lowest BCUT2D eigenvalue weighted by Gasteiger charge is -2.33. The molecule has 1 fully saturated rings. The van der Waals surface area contributed by atoms with E-state index in [4.69, 9.17) is 14.6 Å². The first-order valence-electron chi connectivity index (χ1n) is 10.8. The van der Waals surface area contributed by atoms with Crippen LogP contribution in [0.5, 0.6) is 0 Å². The highest BCUT2D eigenvalue weighted by Crippen LogP contribution is 2.18. The Balaban J connectivity index is 0.000000775. The van der Waals surface area contributed by atoms with E-state index >= 15 is 0 Å². The lowest BCUT2D eigenvalue weighted by molar-refractivity contribution is -0.122. The van der Waals surface area contributed by atoms with Gasteiger partial charge in [-0.3, -0.25) is 14.5 Å². The zero-order valence-corrected chi connectivity index (χ0v) is 17.9. The molecule has 0 bridgehead atoms. The summed E-state index contributed by atoms with van der Waals surface area (Å²) in [6, 6.07) is 6.50. The maximum atomic E-state index is 12.7. The Bertz CT molecular complexity index is 1030. The summed E-state index contributed by atoms with van der Waals surface area (Å²) in [5, 5.41) is 14.1. The van der Waals surface area contributed by atoms with E-state index in [1.807, 2.05) is 35.1 Å². The number of ether oxygens (including phenoxy) is 1. The van der Waals surface area contributed by atoms with E-state index in [1.165, 1.54) is 0 Å². The van der Waals surface area contributed by atoms with E-state index in [2.05, 4.69) is 24.9 Å². The zero-order chi connectivity index (χ0) is 22.3. The van der Waals surface area contributed by atoms with Crippen LogP contribution < -0.4 is 5.32 Å². The third-order valence-electron chi connectivity index (χ3n) is 6.01. The van der Waals surface area contributed by atoms with Crippen LogP contribution in [0, 0.1) is 0 Å². The molecule has 5 heterocycles. The molecular formula is C22H28N6O4. The number of amides is 1. The van der Waals surface area contributed by atoms with Gasteiger partial charge in [0.1, 0.15) is 11.5 Å². The zero-order valence-electron chi connectivity index (χ0n) is 17.9. The minimum atomic E-state index is -0.250. The number of carbonyl (C=O) groups excluding carboxylic acids is 1. The highest BCUT2D eigenvalue weighted by molar-refractivity contribution is 5.92. The van der Waals surface area contributed by atoms with Gasteiger partial charge in [-0.15, -0.1) is 0 Å². The van der Waals surface area contributed by atoms with Crippen LogP contribution in [0.25, 0.3) is 5.52 Å². The number of aromatic nitrogens is 4. The van der Waals surface area contributed by atoms with Gasteiger partial charge in [0.25, 0.3) is 12.4 Å². The van der Waals surface area contributed by atoms with Crippen molar-refractivity contribution in [3.63, 3.8) is 0 Å². The quantitative estimate of drug-likeness (QED) is 0.586. The summed E-state index contributed by atoms with van der Waals surface area (Å²) < 4.78 is 9.45. The smallest absolute Gasteiger partial charge is 0.290 e. The standard InChI is InChI=1S/C21H26N6O2.CH2O2/c28-21(22-14-16-2-1-8-27-19(16)3-7-23-27)18-15-26-11-10-25(9-4-20(26)24-18)17-5-12-29-13-6-17;2-1-3/h1-3,7-8,15,17H,4-6,9-14H2,(H,22,28);1H,(H,2,3). The average Bonchev–Trinajstić information content (AvgIpc) is 3.42. The second-order valence-corrected chi connectivity index (χ2v) is 7.85. The molecule has 170 valence electrons. The molecule has 2 aliphatic heterocycles. The van der Waals surface area contributed by atoms with Crippen molar-refractivity contribution in [2.24, 2.45) is 0 Å². The Hall–Kier alpha value is -3.24. The highest BCUT2D eigenvalue weighted by atomic mass is 16.5. The molecular weight excluding hydrogens is 412 g/mol. The number of hydrogen-bond acceptors (Lipinski definition) is 6. The molecule has 0 aromatic carbocycles. The van der Waals surface area contributed by atoms with Gasteiger partial charge in [0.2, 0.25) is 0 Å². The molecule has 10 heteroatoms. The summed E-state index contributed by atoms with van der Waals surface area (Å²) in [5.74, 6) is 0.871. The number of carbonyl (C=O) groups is 2. The molecule has 0 atom stereocenters. The minimum absolute atomic E-state index is 0.131. The molecule has 0 aliphatic carbocycles. The van der Waals surface area contributed by atoms with E-state index in [0.29, 0.717) is 18.3 Å². The third kappa shape index (κ3) is 4.97. The third-order valence-corrected chi connectivity index (χ3v) is 6.01. The number of rotatable bonds is 4. The van der Waals surface area contributed by atoms with Gasteiger partial charge < -0.3 is 19.7 Å². The number of nitrogens with one attached hydrogen (secondary N) is 1. The van der Waals surface area contributed by atoms with Crippen molar-refractivity contribution in [1.29, 1.82) is 0 Å². The van der Waals surface area contributed by atoms with Crippen LogP contribution in [0.15, 0.2) is 36.8 Å². The molecule has 1 saturated heterocycles. The van der Waals surface area contributed by atoms with Crippen molar-refractivity contribution in [3.8, 4) is 0 Å². The highest BCUT2D eigenvalue weighted by Gasteiger charge is 2.25. The van der Waals surface area contributed by atoms with Crippen molar-refractivity contribution in [2.45, 2.75) is 38.4 Å². The predicted octanol–water partition coefficient (Wildman–Crippen LogP) is 1.20. The Kier molecular flexibility index (Phi) is 7.13. The van der Waals surface area contributed by atoms with Crippen LogP contribution in [-0.4, -0.2) is 73.9 Å². The fourth-order valence-corrected chi connectivity index (χ4v) is 4.39. The number of nitrogens with zero attached hydrogens (tertiary/aromatic N) is 5. The van der Waals surface area contributed by atoms with Gasteiger partial charge >= 0.3 is 0 Å². The number of pyridine rings is 1. The maximum absolute atomic E-state index is 12.7. The van der Waals surface area contributed by atoms with Crippen molar-refractivity contribution >= 4 is 17.9 Å². The van der Waals surface area contributed by atoms with E-state index in [9.17, 15) is 4.79 Å². The molecule has 1 amide bonds. The van der Waals surface area contributed by atoms with Crippen LogP contribution in [0.1, 0.15) is 34.7 Å². The van der Waals surface area contributed by atoms with Gasteiger partial charge in [-0.2, -0.15) is 5.10 Å². The molecule has 3 aromatic heterocycles. The number of imidazole rings is 1. The van der Waals surface area contributed by atoms with Crippen LogP contribution in [0.2, 0.25) is 0 Å². The second-order valence-electron chi connectivity index (χ2n) is 7.85. The Labute approximate surface area is 185 Å². The first kappa shape index (κ1) is 22.0. The van der Waals surface area contributed by atoms with E-state index in [0.717, 1.165) is 69.0 Å². The summed E-state index contributed by atoms with van der Waals surface area (Å²) in [7, 11) is 0. The summed E-state index contributed by atoms with van der Waals surface area (Å²) in [6.45, 7) is 4.80. The summed E-state index contributed by atoms with van der Waals surface area (Å²) >= 11 is 0. The van der Waals surface area contributed by atoms with E-state index in [-0.39, 0.29) is 12.4 Å². The molecule has 32 heavy (non-hydrogen) atoms. The molecule has 5 rings (SSSR count). The molecule has 0 unspecified atom stereocenters. The summed E-state index contributed by atoms with van der Waals surface area (Å²) in [4.78, 5) is 28.2. The van der Waals surface area contributed by atoms with Gasteiger partial charge in [0.05, 0.1) is 5.52 Å². The maximum Gasteiger partial charge on any atom is 0.290 e. The van der Waals surface area contributed by atoms with Gasteiger partial charge in [0, 0.05) is 70.4 Å². The summed E-state index contributed by atoms with van der Waals surface area (Å²) in [6.07, 6.45) is 8.66. The number of fused-ring (bicyclic) bond motifs is 2. The van der Waals surface area contributed by atoms with Crippen LogP contribution in [0.4, 0.5) is 0 Å². The average molecular weight is 441 g/mol. The number of hydrogen-bond donors (Lipinski definition) is 2. The molecule has 0 radical (unpaired) electrons.